The van der Waals surface area contributed by atoms with Crippen LogP contribution in [0.5, 0.6) is 0 Å². The van der Waals surface area contributed by atoms with Gasteiger partial charge in [-0.15, -0.1) is 0 Å². The maximum atomic E-state index is 12.7. The molecule has 0 fully saturated rings. The highest BCUT2D eigenvalue weighted by molar-refractivity contribution is 7.93. The molecule has 6 heteroatoms. The third kappa shape index (κ3) is 3.37. The number of sulfonamides is 1. The van der Waals surface area contributed by atoms with Gasteiger partial charge < -0.3 is 5.32 Å². The minimum Gasteiger partial charge on any atom is -0.316 e. The highest BCUT2D eigenvalue weighted by Crippen LogP contribution is 2.28. The van der Waals surface area contributed by atoms with Crippen molar-refractivity contribution in [3.63, 3.8) is 0 Å². The van der Waals surface area contributed by atoms with Crippen LogP contribution in [0.1, 0.15) is 5.56 Å². The highest BCUT2D eigenvalue weighted by Gasteiger charge is 2.24. The molecule has 0 atom stereocenters. The van der Waals surface area contributed by atoms with Gasteiger partial charge in [0.05, 0.1) is 10.7 Å². The van der Waals surface area contributed by atoms with Gasteiger partial charge in [0, 0.05) is 13.6 Å². The number of rotatable bonds is 5. The van der Waals surface area contributed by atoms with E-state index in [0.717, 1.165) is 5.56 Å². The summed E-state index contributed by atoms with van der Waals surface area (Å²) in [6, 6.07) is 13.9. The van der Waals surface area contributed by atoms with Crippen LogP contribution in [0, 0.1) is 0 Å². The molecular formula is C15H17ClN2O2S. The van der Waals surface area contributed by atoms with Crippen LogP contribution in [0.15, 0.2) is 53.4 Å². The summed E-state index contributed by atoms with van der Waals surface area (Å²) in [6.45, 7) is 0.578. The van der Waals surface area contributed by atoms with Crippen LogP contribution >= 0.6 is 11.6 Å². The van der Waals surface area contributed by atoms with Gasteiger partial charge in [-0.3, -0.25) is 4.31 Å². The maximum absolute atomic E-state index is 12.7. The number of anilines is 1. The second kappa shape index (κ2) is 6.47. The van der Waals surface area contributed by atoms with E-state index >= 15 is 0 Å². The molecule has 2 rings (SSSR count). The molecule has 0 spiro atoms. The van der Waals surface area contributed by atoms with Crippen LogP contribution in [0.25, 0.3) is 0 Å². The van der Waals surface area contributed by atoms with E-state index in [1.807, 2.05) is 6.07 Å². The standard InChI is InChI=1S/C15H17ClN2O2S/c1-17-11-12-8-9-14(16)15(10-12)21(19,20)18(2)13-6-4-3-5-7-13/h3-10,17H,11H2,1-2H3. The first-order valence-corrected chi connectivity index (χ1v) is 8.25. The third-order valence-corrected chi connectivity index (χ3v) is 5.40. The first-order valence-electron chi connectivity index (χ1n) is 6.44. The minimum absolute atomic E-state index is 0.114. The van der Waals surface area contributed by atoms with Gasteiger partial charge >= 0.3 is 0 Å². The lowest BCUT2D eigenvalue weighted by Crippen LogP contribution is -2.27. The zero-order valence-corrected chi connectivity index (χ0v) is 13.4. The number of nitrogens with zero attached hydrogens (tertiary/aromatic N) is 1. The molecule has 21 heavy (non-hydrogen) atoms. The molecule has 0 radical (unpaired) electrons. The number of nitrogens with one attached hydrogen (secondary N) is 1. The SMILES string of the molecule is CNCc1ccc(Cl)c(S(=O)(=O)N(C)c2ccccc2)c1. The molecule has 0 aliphatic rings. The molecule has 1 N–H and O–H groups in total. The quantitative estimate of drug-likeness (QED) is 0.920. The van der Waals surface area contributed by atoms with Crippen molar-refractivity contribution in [3.05, 3.63) is 59.1 Å². The predicted octanol–water partition coefficient (Wildman–Crippen LogP) is 2.88. The highest BCUT2D eigenvalue weighted by atomic mass is 35.5. The van der Waals surface area contributed by atoms with Crippen molar-refractivity contribution in [1.29, 1.82) is 0 Å². The lowest BCUT2D eigenvalue weighted by Gasteiger charge is -2.20. The molecule has 0 saturated carbocycles. The first-order chi connectivity index (χ1) is 9.96. The van der Waals surface area contributed by atoms with Crippen LogP contribution in [0.4, 0.5) is 5.69 Å². The Balaban J connectivity index is 2.46. The van der Waals surface area contributed by atoms with Crippen molar-refractivity contribution < 1.29 is 8.42 Å². The van der Waals surface area contributed by atoms with Crippen LogP contribution in [0.3, 0.4) is 0 Å². The molecule has 0 unspecified atom stereocenters. The lowest BCUT2D eigenvalue weighted by atomic mass is 10.2. The van der Waals surface area contributed by atoms with Crippen LogP contribution in [-0.4, -0.2) is 22.5 Å². The van der Waals surface area contributed by atoms with Crippen LogP contribution in [0.2, 0.25) is 5.02 Å². The molecule has 0 amide bonds. The lowest BCUT2D eigenvalue weighted by molar-refractivity contribution is 0.594. The van der Waals surface area contributed by atoms with E-state index < -0.39 is 10.0 Å². The summed E-state index contributed by atoms with van der Waals surface area (Å²) in [6.07, 6.45) is 0. The molecule has 2 aromatic rings. The van der Waals surface area contributed by atoms with E-state index in [4.69, 9.17) is 11.6 Å². The van der Waals surface area contributed by atoms with Crippen molar-refractivity contribution in [1.82, 2.24) is 5.32 Å². The van der Waals surface area contributed by atoms with Crippen molar-refractivity contribution in [3.8, 4) is 0 Å². The Bertz CT molecular complexity index is 718. The first kappa shape index (κ1) is 15.8. The molecule has 2 aromatic carbocycles. The largest absolute Gasteiger partial charge is 0.316 e. The maximum Gasteiger partial charge on any atom is 0.265 e. The summed E-state index contributed by atoms with van der Waals surface area (Å²) >= 11 is 6.09. The monoisotopic (exact) mass is 324 g/mol. The minimum atomic E-state index is -3.69. The molecule has 0 aliphatic carbocycles. The summed E-state index contributed by atoms with van der Waals surface area (Å²) < 4.78 is 26.7. The van der Waals surface area contributed by atoms with Crippen molar-refractivity contribution in [2.75, 3.05) is 18.4 Å². The molecule has 0 aromatic heterocycles. The van der Waals surface area contributed by atoms with Crippen molar-refractivity contribution >= 4 is 27.3 Å². The summed E-state index contributed by atoms with van der Waals surface area (Å²) in [5, 5.41) is 3.21. The Morgan fingerprint density at radius 1 is 1.14 bits per heavy atom. The Morgan fingerprint density at radius 3 is 2.43 bits per heavy atom. The predicted molar refractivity (Wildman–Crippen MR) is 86.2 cm³/mol. The van der Waals surface area contributed by atoms with Gasteiger partial charge in [0.25, 0.3) is 10.0 Å². The smallest absolute Gasteiger partial charge is 0.265 e. The fraction of sp³-hybridized carbons (Fsp3) is 0.200. The summed E-state index contributed by atoms with van der Waals surface area (Å²) in [5.41, 5.74) is 1.45. The third-order valence-electron chi connectivity index (χ3n) is 3.13. The van der Waals surface area contributed by atoms with Crippen molar-refractivity contribution in [2.45, 2.75) is 11.4 Å². The van der Waals surface area contributed by atoms with E-state index in [9.17, 15) is 8.42 Å². The van der Waals surface area contributed by atoms with Crippen molar-refractivity contribution in [2.24, 2.45) is 0 Å². The normalized spacial score (nSPS) is 11.4. The summed E-state index contributed by atoms with van der Waals surface area (Å²) in [7, 11) is -0.366. The van der Waals surface area contributed by atoms with Gasteiger partial charge in [0.1, 0.15) is 4.90 Å². The van der Waals surface area contributed by atoms with Gasteiger partial charge in [0.2, 0.25) is 0 Å². The van der Waals surface area contributed by atoms with Gasteiger partial charge in [-0.05, 0) is 36.9 Å². The molecule has 0 aliphatic heterocycles. The average molecular weight is 325 g/mol. The number of hydrogen-bond donors (Lipinski definition) is 1. The van der Waals surface area contributed by atoms with Gasteiger partial charge in [0.15, 0.2) is 0 Å². The van der Waals surface area contributed by atoms with E-state index in [1.54, 1.807) is 49.5 Å². The Hall–Kier alpha value is -1.56. The van der Waals surface area contributed by atoms with Crippen LogP contribution in [-0.2, 0) is 16.6 Å². The van der Waals surface area contributed by atoms with Gasteiger partial charge in [-0.2, -0.15) is 0 Å². The number of hydrogen-bond acceptors (Lipinski definition) is 3. The molecule has 112 valence electrons. The average Bonchev–Trinajstić information content (AvgIpc) is 2.49. The molecule has 0 bridgehead atoms. The zero-order valence-electron chi connectivity index (χ0n) is 11.9. The Labute approximate surface area is 130 Å². The topological polar surface area (TPSA) is 49.4 Å². The fourth-order valence-electron chi connectivity index (χ4n) is 1.98. The molecule has 0 saturated heterocycles. The fourth-order valence-corrected chi connectivity index (χ4v) is 3.70. The van der Waals surface area contributed by atoms with E-state index in [0.29, 0.717) is 12.2 Å². The number of benzene rings is 2. The van der Waals surface area contributed by atoms with E-state index in [2.05, 4.69) is 5.32 Å². The second-order valence-electron chi connectivity index (χ2n) is 4.60. The number of halogens is 1. The second-order valence-corrected chi connectivity index (χ2v) is 6.95. The van der Waals surface area contributed by atoms with E-state index in [1.165, 1.54) is 11.4 Å². The van der Waals surface area contributed by atoms with E-state index in [-0.39, 0.29) is 9.92 Å². The Kier molecular flexibility index (Phi) is 4.88. The van der Waals surface area contributed by atoms with Gasteiger partial charge in [-0.25, -0.2) is 8.42 Å². The zero-order chi connectivity index (χ0) is 15.5. The van der Waals surface area contributed by atoms with Crippen LogP contribution < -0.4 is 9.62 Å². The molecule has 0 heterocycles. The number of para-hydroxylation sites is 1. The Morgan fingerprint density at radius 2 is 1.81 bits per heavy atom. The summed E-state index contributed by atoms with van der Waals surface area (Å²) in [5.74, 6) is 0. The molecule has 4 nitrogen and oxygen atoms in total. The van der Waals surface area contributed by atoms with Gasteiger partial charge in [-0.1, -0.05) is 35.9 Å². The molecular weight excluding hydrogens is 308 g/mol. The summed E-state index contributed by atoms with van der Waals surface area (Å²) in [4.78, 5) is 0.114.